The molecule has 1 atom stereocenters. The molecule has 0 N–H and O–H groups in total. The third-order valence-corrected chi connectivity index (χ3v) is 12.8. The van der Waals surface area contributed by atoms with Gasteiger partial charge in [0.1, 0.15) is 34.8 Å². The van der Waals surface area contributed by atoms with Gasteiger partial charge in [0.2, 0.25) is 0 Å². The lowest BCUT2D eigenvalue weighted by molar-refractivity contribution is -0.119. The van der Waals surface area contributed by atoms with Crippen molar-refractivity contribution in [2.45, 2.75) is 95.9 Å². The predicted molar refractivity (Wildman–Crippen MR) is 218 cm³/mol. The Balaban J connectivity index is 0.873. The molecule has 0 bridgehead atoms. The topological polar surface area (TPSA) is 101 Å². The fourth-order valence-corrected chi connectivity index (χ4v) is 9.48. The van der Waals surface area contributed by atoms with Crippen LogP contribution in [0.4, 0.5) is 14.6 Å². The molecule has 296 valence electrons. The number of nitrogens with zero attached hydrogens (tertiary/aromatic N) is 6. The van der Waals surface area contributed by atoms with E-state index in [1.165, 1.54) is 31.5 Å². The Morgan fingerprint density at radius 3 is 2.23 bits per heavy atom. The summed E-state index contributed by atoms with van der Waals surface area (Å²) in [5, 5.41) is 0.825. The molecule has 3 aliphatic rings. The summed E-state index contributed by atoms with van der Waals surface area (Å²) >= 11 is 6.48. The number of halogens is 3. The maximum absolute atomic E-state index is 15.3. The number of hydrogen-bond acceptors (Lipinski definition) is 8. The number of likely N-dealkylation sites (tertiary alicyclic amines) is 1. The maximum Gasteiger partial charge on any atom is 0.282 e. The van der Waals surface area contributed by atoms with Gasteiger partial charge in [0.05, 0.1) is 32.7 Å². The highest BCUT2D eigenvalue weighted by molar-refractivity contribution is 6.35. The monoisotopic (exact) mass is 792 g/mol. The van der Waals surface area contributed by atoms with Crippen molar-refractivity contribution in [1.29, 1.82) is 0 Å². The zero-order chi connectivity index (χ0) is 40.2. The van der Waals surface area contributed by atoms with Crippen LogP contribution in [0, 0.1) is 11.6 Å². The molecule has 3 aromatic heterocycles. The maximum atomic E-state index is 15.3. The number of rotatable bonds is 10. The lowest BCUT2D eigenvalue weighted by Gasteiger charge is -2.34. The molecule has 1 unspecified atom stereocenters. The Labute approximate surface area is 336 Å². The predicted octanol–water partition coefficient (Wildman–Crippen LogP) is 8.55. The minimum atomic E-state index is -0.970. The van der Waals surface area contributed by atoms with Crippen LogP contribution in [0.5, 0.6) is 0 Å². The summed E-state index contributed by atoms with van der Waals surface area (Å²) in [7, 11) is 0. The molecule has 0 radical (unpaired) electrons. The van der Waals surface area contributed by atoms with Crippen LogP contribution in [0.2, 0.25) is 5.02 Å². The van der Waals surface area contributed by atoms with Gasteiger partial charge in [-0.05, 0) is 138 Å². The van der Waals surface area contributed by atoms with E-state index in [1.54, 1.807) is 6.07 Å². The molecule has 0 amide bonds. The molecule has 8 rings (SSSR count). The Morgan fingerprint density at radius 1 is 0.895 bits per heavy atom. The van der Waals surface area contributed by atoms with E-state index < -0.39 is 23.0 Å². The van der Waals surface area contributed by atoms with Gasteiger partial charge >= 0.3 is 0 Å². The minimum Gasteiger partial charge on any atom is -0.357 e. The van der Waals surface area contributed by atoms with E-state index in [0.29, 0.717) is 40.8 Å². The van der Waals surface area contributed by atoms with Gasteiger partial charge in [0.25, 0.3) is 5.56 Å². The van der Waals surface area contributed by atoms with Crippen molar-refractivity contribution >= 4 is 39.9 Å². The average molecular weight is 793 g/mol. The highest BCUT2D eigenvalue weighted by atomic mass is 35.5. The van der Waals surface area contributed by atoms with Crippen LogP contribution in [-0.2, 0) is 21.5 Å². The minimum absolute atomic E-state index is 0.00787. The number of benzene rings is 2. The number of ketones is 2. The van der Waals surface area contributed by atoms with Crippen LogP contribution in [-0.4, -0.2) is 62.2 Å². The second-order valence-electron chi connectivity index (χ2n) is 16.6. The fourth-order valence-electron chi connectivity index (χ4n) is 9.23. The normalized spacial score (nSPS) is 17.8. The van der Waals surface area contributed by atoms with Crippen LogP contribution in [0.15, 0.2) is 65.7 Å². The number of carbonyl (C=O) groups excluding carboxylic acids is 2. The van der Waals surface area contributed by atoms with E-state index in [2.05, 4.69) is 51.4 Å². The van der Waals surface area contributed by atoms with Gasteiger partial charge in [-0.3, -0.25) is 24.0 Å². The first-order chi connectivity index (χ1) is 27.3. The van der Waals surface area contributed by atoms with Crippen LogP contribution in [0.25, 0.3) is 16.6 Å². The van der Waals surface area contributed by atoms with Crippen LogP contribution in [0.3, 0.4) is 0 Å². The first kappa shape index (κ1) is 39.0. The van der Waals surface area contributed by atoms with E-state index in [9.17, 15) is 14.4 Å². The van der Waals surface area contributed by atoms with Crippen molar-refractivity contribution in [2.24, 2.45) is 0 Å². The molecule has 3 aliphatic heterocycles. The molecule has 2 saturated heterocycles. The number of Topliss-reactive ketones (excluding diaryl/α,β-unsaturated/α-hetero) is 2. The first-order valence-corrected chi connectivity index (χ1v) is 20.3. The summed E-state index contributed by atoms with van der Waals surface area (Å²) in [5.74, 6) is -0.947. The number of anilines is 1. The van der Waals surface area contributed by atoms with Gasteiger partial charge in [-0.2, -0.15) is 4.98 Å². The largest absolute Gasteiger partial charge is 0.357 e. The summed E-state index contributed by atoms with van der Waals surface area (Å²) in [5.41, 5.74) is 4.49. The molecule has 2 fully saturated rings. The standard InChI is InChI=1S/C45H47ClF2N6O3/c1-26(55)8-10-33(27(2)56)40-35(47)20-31(21-36(40)48)29-14-18-53(19-15-29)39-11-9-28(23-49-39)25-52-16-12-30(13-17-52)32-22-38-42(50-24-32)45(3,4)44-51-43(57)41-34(46)6-5-7-37(41)54(38)44/h5-7,9,11,20-24,29-30,33H,8,10,12-19,25H2,1-4H3. The van der Waals surface area contributed by atoms with E-state index in [-0.39, 0.29) is 41.4 Å². The molecular formula is C45H47ClF2N6O3. The van der Waals surface area contributed by atoms with Gasteiger partial charge in [-0.15, -0.1) is 0 Å². The summed E-state index contributed by atoms with van der Waals surface area (Å²) in [6, 6.07) is 14.7. The third-order valence-electron chi connectivity index (χ3n) is 12.4. The highest BCUT2D eigenvalue weighted by Gasteiger charge is 2.41. The van der Waals surface area contributed by atoms with Crippen LogP contribution >= 0.6 is 11.6 Å². The molecular weight excluding hydrogens is 746 g/mol. The van der Waals surface area contributed by atoms with Crippen molar-refractivity contribution in [3.8, 4) is 5.69 Å². The van der Waals surface area contributed by atoms with E-state index >= 15 is 8.78 Å². The van der Waals surface area contributed by atoms with E-state index in [4.69, 9.17) is 21.6 Å². The number of fused-ring (bicyclic) bond motifs is 5. The molecule has 5 aromatic rings. The zero-order valence-corrected chi connectivity index (χ0v) is 33.6. The van der Waals surface area contributed by atoms with Crippen LogP contribution < -0.4 is 10.5 Å². The number of aromatic nitrogens is 4. The number of hydrogen-bond donors (Lipinski definition) is 0. The molecule has 57 heavy (non-hydrogen) atoms. The van der Waals surface area contributed by atoms with Gasteiger partial charge in [-0.25, -0.2) is 13.8 Å². The third kappa shape index (κ3) is 7.40. The lowest BCUT2D eigenvalue weighted by Crippen LogP contribution is -2.34. The average Bonchev–Trinajstić information content (AvgIpc) is 3.41. The highest BCUT2D eigenvalue weighted by Crippen LogP contribution is 2.44. The van der Waals surface area contributed by atoms with E-state index in [1.807, 2.05) is 24.5 Å². The second-order valence-corrected chi connectivity index (χ2v) is 17.0. The van der Waals surface area contributed by atoms with Crippen molar-refractivity contribution < 1.29 is 18.4 Å². The summed E-state index contributed by atoms with van der Waals surface area (Å²) in [6.07, 6.45) is 7.60. The van der Waals surface area contributed by atoms with Crippen molar-refractivity contribution in [2.75, 3.05) is 31.1 Å². The van der Waals surface area contributed by atoms with Gasteiger partial charge in [-0.1, -0.05) is 23.7 Å². The Kier molecular flexibility index (Phi) is 10.6. The Hall–Kier alpha value is -4.87. The SMILES string of the molecule is CC(=O)CCC(C(C)=O)c1c(F)cc(C2CCN(c3ccc(CN4CCC(c5cnc6c(c5)-n5c(nc(=O)c7c(Cl)cccc75)C6(C)C)CC4)cn3)CC2)cc1F. The number of carbonyl (C=O) groups is 2. The molecule has 0 saturated carbocycles. The van der Waals surface area contributed by atoms with Crippen molar-refractivity contribution in [1.82, 2.24) is 24.4 Å². The zero-order valence-electron chi connectivity index (χ0n) is 32.8. The van der Waals surface area contributed by atoms with Gasteiger partial charge in [0.15, 0.2) is 0 Å². The Bertz CT molecular complexity index is 2410. The summed E-state index contributed by atoms with van der Waals surface area (Å²) < 4.78 is 32.7. The second kappa shape index (κ2) is 15.5. The molecule has 6 heterocycles. The van der Waals surface area contributed by atoms with E-state index in [0.717, 1.165) is 73.6 Å². The molecule has 2 aromatic carbocycles. The molecule has 0 spiro atoms. The number of pyridine rings is 2. The summed E-state index contributed by atoms with van der Waals surface area (Å²) in [6.45, 7) is 11.0. The molecule has 0 aliphatic carbocycles. The lowest BCUT2D eigenvalue weighted by atomic mass is 9.85. The van der Waals surface area contributed by atoms with Crippen molar-refractivity contribution in [3.63, 3.8) is 0 Å². The smallest absolute Gasteiger partial charge is 0.282 e. The van der Waals surface area contributed by atoms with Gasteiger partial charge in [0, 0.05) is 49.9 Å². The van der Waals surface area contributed by atoms with Crippen LogP contribution in [0.1, 0.15) is 118 Å². The Morgan fingerprint density at radius 2 is 1.58 bits per heavy atom. The molecule has 12 heteroatoms. The quantitative estimate of drug-likeness (QED) is 0.139. The molecule has 9 nitrogen and oxygen atoms in total. The summed E-state index contributed by atoms with van der Waals surface area (Å²) in [4.78, 5) is 55.7. The number of piperidine rings is 2. The van der Waals surface area contributed by atoms with Gasteiger partial charge < -0.3 is 9.69 Å². The fraction of sp³-hybridized carbons (Fsp3) is 0.422. The van der Waals surface area contributed by atoms with Crippen molar-refractivity contribution in [3.05, 3.63) is 122 Å². The first-order valence-electron chi connectivity index (χ1n) is 19.9.